The molecule has 0 aromatic carbocycles. The predicted molar refractivity (Wildman–Crippen MR) is 57.5 cm³/mol. The van der Waals surface area contributed by atoms with Crippen LogP contribution in [0.1, 0.15) is 24.3 Å². The highest BCUT2D eigenvalue weighted by Crippen LogP contribution is 2.22. The van der Waals surface area contributed by atoms with Crippen molar-refractivity contribution in [1.29, 1.82) is 0 Å². The van der Waals surface area contributed by atoms with Gasteiger partial charge in [0, 0.05) is 6.04 Å². The molecular weight excluding hydrogens is 251 g/mol. The van der Waals surface area contributed by atoms with E-state index in [2.05, 4.69) is 9.97 Å². The van der Waals surface area contributed by atoms with E-state index in [-0.39, 0.29) is 11.5 Å². The summed E-state index contributed by atoms with van der Waals surface area (Å²) in [4.78, 5) is 18.9. The average Bonchev–Trinajstić information content (AvgIpc) is 2.24. The minimum atomic E-state index is -4.40. The van der Waals surface area contributed by atoms with E-state index in [9.17, 15) is 18.0 Å². The van der Waals surface area contributed by atoms with Crippen molar-refractivity contribution < 1.29 is 23.1 Å². The van der Waals surface area contributed by atoms with Gasteiger partial charge in [-0.05, 0) is 13.8 Å². The molecule has 0 saturated carbocycles. The monoisotopic (exact) mass is 263 g/mol. The van der Waals surface area contributed by atoms with Crippen LogP contribution in [-0.4, -0.2) is 39.8 Å². The zero-order chi connectivity index (χ0) is 13.9. The van der Waals surface area contributed by atoms with Crippen molar-refractivity contribution >= 4 is 11.8 Å². The number of carboxylic acid groups (broad SMARTS) is 1. The van der Waals surface area contributed by atoms with Crippen LogP contribution in [-0.2, 0) is 0 Å². The summed E-state index contributed by atoms with van der Waals surface area (Å²) in [6.45, 7) is 1.91. The number of carboxylic acids is 1. The molecule has 0 amide bonds. The van der Waals surface area contributed by atoms with E-state index in [0.717, 1.165) is 17.3 Å². The summed E-state index contributed by atoms with van der Waals surface area (Å²) in [5, 5.41) is 8.72. The number of halogens is 3. The molecule has 1 rings (SSSR count). The fourth-order valence-corrected chi connectivity index (χ4v) is 1.32. The first-order chi connectivity index (χ1) is 8.20. The fourth-order valence-electron chi connectivity index (χ4n) is 1.32. The van der Waals surface area contributed by atoms with Crippen LogP contribution >= 0.6 is 0 Å². The van der Waals surface area contributed by atoms with Gasteiger partial charge in [-0.15, -0.1) is 0 Å². The summed E-state index contributed by atoms with van der Waals surface area (Å²) in [6.07, 6.45) is -2.30. The second kappa shape index (κ2) is 5.19. The molecule has 0 saturated heterocycles. The van der Waals surface area contributed by atoms with Gasteiger partial charge in [0.2, 0.25) is 0 Å². The Morgan fingerprint density at radius 2 is 2.06 bits per heavy atom. The van der Waals surface area contributed by atoms with E-state index >= 15 is 0 Å². The third-order valence-electron chi connectivity index (χ3n) is 2.11. The molecule has 0 atom stereocenters. The maximum Gasteiger partial charge on any atom is 0.405 e. The molecular formula is C10H12F3N3O2. The van der Waals surface area contributed by atoms with Crippen LogP contribution in [0.25, 0.3) is 0 Å². The van der Waals surface area contributed by atoms with Crippen molar-refractivity contribution in [3.8, 4) is 0 Å². The molecule has 0 radical (unpaired) electrons. The first-order valence-corrected chi connectivity index (χ1v) is 5.09. The first kappa shape index (κ1) is 14.2. The maximum absolute atomic E-state index is 12.4. The SMILES string of the molecule is CC(C)N(CC(F)(F)F)c1cncc(C(=O)O)n1. The van der Waals surface area contributed by atoms with E-state index in [1.807, 2.05) is 0 Å². The highest BCUT2D eigenvalue weighted by Gasteiger charge is 2.32. The minimum absolute atomic E-state index is 0.109. The summed E-state index contributed by atoms with van der Waals surface area (Å²) < 4.78 is 37.2. The number of aromatic carboxylic acids is 1. The Kier molecular flexibility index (Phi) is 4.10. The lowest BCUT2D eigenvalue weighted by Crippen LogP contribution is -2.39. The number of hydrogen-bond donors (Lipinski definition) is 1. The van der Waals surface area contributed by atoms with Gasteiger partial charge >= 0.3 is 12.1 Å². The maximum atomic E-state index is 12.4. The predicted octanol–water partition coefficient (Wildman–Crippen LogP) is 1.95. The Hall–Kier alpha value is -1.86. The molecule has 0 unspecified atom stereocenters. The lowest BCUT2D eigenvalue weighted by atomic mass is 10.3. The molecule has 5 nitrogen and oxygen atoms in total. The van der Waals surface area contributed by atoms with Crippen molar-refractivity contribution in [3.63, 3.8) is 0 Å². The van der Waals surface area contributed by atoms with Crippen LogP contribution < -0.4 is 4.90 Å². The van der Waals surface area contributed by atoms with E-state index in [1.54, 1.807) is 13.8 Å². The number of rotatable bonds is 4. The van der Waals surface area contributed by atoms with Crippen LogP contribution in [0.5, 0.6) is 0 Å². The molecule has 1 aromatic rings. The van der Waals surface area contributed by atoms with Gasteiger partial charge in [0.15, 0.2) is 5.69 Å². The number of anilines is 1. The van der Waals surface area contributed by atoms with Crippen molar-refractivity contribution in [2.45, 2.75) is 26.1 Å². The Morgan fingerprint density at radius 1 is 1.44 bits per heavy atom. The highest BCUT2D eigenvalue weighted by atomic mass is 19.4. The van der Waals surface area contributed by atoms with E-state index in [0.29, 0.717) is 0 Å². The zero-order valence-electron chi connectivity index (χ0n) is 9.77. The smallest absolute Gasteiger partial charge is 0.405 e. The lowest BCUT2D eigenvalue weighted by molar-refractivity contribution is -0.120. The van der Waals surface area contributed by atoms with Crippen LogP contribution in [0.3, 0.4) is 0 Å². The van der Waals surface area contributed by atoms with E-state index in [1.165, 1.54) is 0 Å². The number of aromatic nitrogens is 2. The Balaban J connectivity index is 3.06. The molecule has 1 aromatic heterocycles. The largest absolute Gasteiger partial charge is 0.476 e. The van der Waals surface area contributed by atoms with Gasteiger partial charge in [-0.1, -0.05) is 0 Å². The molecule has 0 bridgehead atoms. The van der Waals surface area contributed by atoms with Gasteiger partial charge in [-0.25, -0.2) is 9.78 Å². The Bertz CT molecular complexity index is 435. The third kappa shape index (κ3) is 3.86. The van der Waals surface area contributed by atoms with Crippen LogP contribution in [0.4, 0.5) is 19.0 Å². The molecule has 1 N–H and O–H groups in total. The van der Waals surface area contributed by atoms with Gasteiger partial charge in [0.1, 0.15) is 12.4 Å². The van der Waals surface area contributed by atoms with E-state index < -0.39 is 24.7 Å². The molecule has 1 heterocycles. The molecule has 100 valence electrons. The second-order valence-electron chi connectivity index (χ2n) is 3.90. The summed E-state index contributed by atoms with van der Waals surface area (Å²) in [5.41, 5.74) is -0.389. The van der Waals surface area contributed by atoms with Gasteiger partial charge < -0.3 is 10.0 Å². The van der Waals surface area contributed by atoms with E-state index in [4.69, 9.17) is 5.11 Å². The normalized spacial score (nSPS) is 11.7. The molecule has 0 aliphatic rings. The van der Waals surface area contributed by atoms with Crippen LogP contribution in [0.2, 0.25) is 0 Å². The van der Waals surface area contributed by atoms with Crippen molar-refractivity contribution in [2.75, 3.05) is 11.4 Å². The molecule has 0 aliphatic heterocycles. The summed E-state index contributed by atoms with van der Waals surface area (Å²) in [6, 6.07) is -0.482. The topological polar surface area (TPSA) is 66.3 Å². The van der Waals surface area contributed by atoms with Crippen LogP contribution in [0, 0.1) is 0 Å². The van der Waals surface area contributed by atoms with Gasteiger partial charge in [-0.3, -0.25) is 4.98 Å². The standard InChI is InChI=1S/C10H12F3N3O2/c1-6(2)16(5-10(11,12)13)8-4-14-3-7(15-8)9(17)18/h3-4,6H,5H2,1-2H3,(H,17,18). The number of carbonyl (C=O) groups is 1. The average molecular weight is 263 g/mol. The van der Waals surface area contributed by atoms with Crippen molar-refractivity contribution in [3.05, 3.63) is 18.1 Å². The van der Waals surface area contributed by atoms with Crippen molar-refractivity contribution in [1.82, 2.24) is 9.97 Å². The number of hydrogen-bond acceptors (Lipinski definition) is 4. The Morgan fingerprint density at radius 3 is 2.50 bits per heavy atom. The fraction of sp³-hybridized carbons (Fsp3) is 0.500. The Labute approximate surface area is 101 Å². The summed E-state index contributed by atoms with van der Waals surface area (Å²) >= 11 is 0. The molecule has 0 aliphatic carbocycles. The first-order valence-electron chi connectivity index (χ1n) is 5.09. The second-order valence-corrected chi connectivity index (χ2v) is 3.90. The van der Waals surface area contributed by atoms with Crippen LogP contribution in [0.15, 0.2) is 12.4 Å². The van der Waals surface area contributed by atoms with Gasteiger partial charge in [0.25, 0.3) is 0 Å². The quantitative estimate of drug-likeness (QED) is 0.899. The number of nitrogens with zero attached hydrogens (tertiary/aromatic N) is 3. The van der Waals surface area contributed by atoms with Crippen molar-refractivity contribution in [2.24, 2.45) is 0 Å². The molecule has 8 heteroatoms. The lowest BCUT2D eigenvalue weighted by Gasteiger charge is -2.28. The molecule has 0 spiro atoms. The highest BCUT2D eigenvalue weighted by molar-refractivity contribution is 5.85. The number of alkyl halides is 3. The summed E-state index contributed by atoms with van der Waals surface area (Å²) in [7, 11) is 0. The molecule has 0 fully saturated rings. The zero-order valence-corrected chi connectivity index (χ0v) is 9.77. The van der Waals surface area contributed by atoms with Gasteiger partial charge in [0.05, 0.1) is 12.4 Å². The summed E-state index contributed by atoms with van der Waals surface area (Å²) in [5.74, 6) is -1.44. The molecule has 18 heavy (non-hydrogen) atoms. The third-order valence-corrected chi connectivity index (χ3v) is 2.11. The van der Waals surface area contributed by atoms with Gasteiger partial charge in [-0.2, -0.15) is 13.2 Å². The minimum Gasteiger partial charge on any atom is -0.476 e.